The van der Waals surface area contributed by atoms with Crippen LogP contribution in [0.2, 0.25) is 5.02 Å². The molecule has 2 saturated heterocycles. The number of nitrogens with zero attached hydrogens (tertiary/aromatic N) is 2. The summed E-state index contributed by atoms with van der Waals surface area (Å²) in [5.74, 6) is 0.433. The van der Waals surface area contributed by atoms with Crippen molar-refractivity contribution in [2.45, 2.75) is 17.5 Å². The number of halogens is 1. The molecule has 2 fully saturated rings. The molecule has 126 valence electrons. The van der Waals surface area contributed by atoms with Gasteiger partial charge in [0.1, 0.15) is 0 Å². The second kappa shape index (κ2) is 6.15. The Bertz CT molecular complexity index is 841. The van der Waals surface area contributed by atoms with Crippen LogP contribution in [0.15, 0.2) is 59.5 Å². The van der Waals surface area contributed by atoms with Gasteiger partial charge in [-0.2, -0.15) is 4.31 Å². The standard InChI is InChI=1S/C18H19ClN2O2S/c19-16-6-4-5-14(9-16)10-20-11-15-12-21(13-18(15)20)24(22,23)17-7-2-1-3-8-17/h1-9,15,18H,10-13H2/t15-,18+/m0/s1. The highest BCUT2D eigenvalue weighted by Crippen LogP contribution is 2.36. The van der Waals surface area contributed by atoms with Crippen LogP contribution in [-0.4, -0.2) is 43.3 Å². The minimum Gasteiger partial charge on any atom is -0.294 e. The van der Waals surface area contributed by atoms with Gasteiger partial charge in [-0.3, -0.25) is 4.90 Å². The van der Waals surface area contributed by atoms with Crippen molar-refractivity contribution in [2.75, 3.05) is 19.6 Å². The first-order valence-corrected chi connectivity index (χ1v) is 9.89. The number of hydrogen-bond acceptors (Lipinski definition) is 3. The van der Waals surface area contributed by atoms with Crippen LogP contribution in [0.1, 0.15) is 5.56 Å². The van der Waals surface area contributed by atoms with Crippen molar-refractivity contribution in [1.82, 2.24) is 9.21 Å². The lowest BCUT2D eigenvalue weighted by atomic mass is 9.91. The van der Waals surface area contributed by atoms with Crippen molar-refractivity contribution in [2.24, 2.45) is 5.92 Å². The third kappa shape index (κ3) is 2.86. The molecule has 2 heterocycles. The molecule has 0 bridgehead atoms. The first-order chi connectivity index (χ1) is 11.5. The van der Waals surface area contributed by atoms with E-state index in [1.54, 1.807) is 28.6 Å². The Balaban J connectivity index is 1.46. The van der Waals surface area contributed by atoms with Crippen molar-refractivity contribution in [3.8, 4) is 0 Å². The van der Waals surface area contributed by atoms with Crippen LogP contribution in [0.5, 0.6) is 0 Å². The number of benzene rings is 2. The lowest BCUT2D eigenvalue weighted by molar-refractivity contribution is 0.0435. The lowest BCUT2D eigenvalue weighted by Crippen LogP contribution is -2.54. The zero-order valence-electron chi connectivity index (χ0n) is 13.2. The van der Waals surface area contributed by atoms with Gasteiger partial charge in [0, 0.05) is 43.2 Å². The fraction of sp³-hybridized carbons (Fsp3) is 0.333. The van der Waals surface area contributed by atoms with E-state index in [0.717, 1.165) is 18.1 Å². The molecule has 4 nitrogen and oxygen atoms in total. The Morgan fingerprint density at radius 1 is 1.00 bits per heavy atom. The fourth-order valence-electron chi connectivity index (χ4n) is 3.70. The summed E-state index contributed by atoms with van der Waals surface area (Å²) in [5, 5.41) is 0.740. The number of hydrogen-bond donors (Lipinski definition) is 0. The first kappa shape index (κ1) is 16.1. The molecule has 2 atom stereocenters. The van der Waals surface area contributed by atoms with E-state index in [-0.39, 0.29) is 0 Å². The number of likely N-dealkylation sites (tertiary alicyclic amines) is 1. The maximum Gasteiger partial charge on any atom is 0.243 e. The van der Waals surface area contributed by atoms with Crippen LogP contribution >= 0.6 is 11.6 Å². The average Bonchev–Trinajstić information content (AvgIpc) is 2.91. The lowest BCUT2D eigenvalue weighted by Gasteiger charge is -2.43. The van der Waals surface area contributed by atoms with Crippen LogP contribution in [0.3, 0.4) is 0 Å². The van der Waals surface area contributed by atoms with E-state index < -0.39 is 10.0 Å². The van der Waals surface area contributed by atoms with Crippen LogP contribution in [-0.2, 0) is 16.6 Å². The van der Waals surface area contributed by atoms with Crippen LogP contribution < -0.4 is 0 Å². The quantitative estimate of drug-likeness (QED) is 0.839. The van der Waals surface area contributed by atoms with E-state index in [1.807, 2.05) is 24.3 Å². The Hall–Kier alpha value is -1.40. The molecule has 0 radical (unpaired) electrons. The molecule has 0 unspecified atom stereocenters. The molecule has 2 aromatic carbocycles. The maximum absolute atomic E-state index is 12.8. The van der Waals surface area contributed by atoms with Crippen molar-refractivity contribution < 1.29 is 8.42 Å². The molecule has 2 aliphatic rings. The number of sulfonamides is 1. The molecule has 24 heavy (non-hydrogen) atoms. The van der Waals surface area contributed by atoms with Crippen molar-refractivity contribution in [1.29, 1.82) is 0 Å². The summed E-state index contributed by atoms with van der Waals surface area (Å²) in [7, 11) is -3.38. The Morgan fingerprint density at radius 3 is 2.54 bits per heavy atom. The maximum atomic E-state index is 12.8. The first-order valence-electron chi connectivity index (χ1n) is 8.08. The summed E-state index contributed by atoms with van der Waals surface area (Å²) < 4.78 is 27.1. The Labute approximate surface area is 147 Å². The smallest absolute Gasteiger partial charge is 0.243 e. The fourth-order valence-corrected chi connectivity index (χ4v) is 5.45. The van der Waals surface area contributed by atoms with Gasteiger partial charge in [-0.05, 0) is 29.8 Å². The van der Waals surface area contributed by atoms with Crippen molar-refractivity contribution in [3.05, 3.63) is 65.2 Å². The SMILES string of the molecule is O=S(=O)(c1ccccc1)N1C[C@@H]2CN(Cc3cccc(Cl)c3)[C@@H]2C1. The molecule has 0 aliphatic carbocycles. The molecule has 6 heteroatoms. The molecule has 4 rings (SSSR count). The molecule has 0 spiro atoms. The average molecular weight is 363 g/mol. The van der Waals surface area contributed by atoms with E-state index >= 15 is 0 Å². The van der Waals surface area contributed by atoms with E-state index in [4.69, 9.17) is 11.6 Å². The normalized spacial score (nSPS) is 24.5. The van der Waals surface area contributed by atoms with Gasteiger partial charge in [0.25, 0.3) is 0 Å². The summed E-state index contributed by atoms with van der Waals surface area (Å²) >= 11 is 6.05. The van der Waals surface area contributed by atoms with E-state index in [2.05, 4.69) is 11.0 Å². The Morgan fingerprint density at radius 2 is 1.79 bits per heavy atom. The van der Waals surface area contributed by atoms with Gasteiger partial charge >= 0.3 is 0 Å². The van der Waals surface area contributed by atoms with Gasteiger partial charge in [0.15, 0.2) is 0 Å². The third-order valence-electron chi connectivity index (χ3n) is 4.97. The molecule has 2 aliphatic heterocycles. The van der Waals surface area contributed by atoms with Crippen LogP contribution in [0.25, 0.3) is 0 Å². The number of fused-ring (bicyclic) bond motifs is 1. The van der Waals surface area contributed by atoms with Gasteiger partial charge in [-0.1, -0.05) is 41.9 Å². The van der Waals surface area contributed by atoms with Crippen LogP contribution in [0.4, 0.5) is 0 Å². The second-order valence-electron chi connectivity index (χ2n) is 6.52. The summed E-state index contributed by atoms with van der Waals surface area (Å²) in [4.78, 5) is 2.73. The number of rotatable bonds is 4. The van der Waals surface area contributed by atoms with Gasteiger partial charge in [0.05, 0.1) is 4.90 Å². The van der Waals surface area contributed by atoms with Gasteiger partial charge in [0.2, 0.25) is 10.0 Å². The van der Waals surface area contributed by atoms with Gasteiger partial charge < -0.3 is 0 Å². The highest BCUT2D eigenvalue weighted by molar-refractivity contribution is 7.89. The molecule has 0 amide bonds. The van der Waals surface area contributed by atoms with Crippen molar-refractivity contribution in [3.63, 3.8) is 0 Å². The monoisotopic (exact) mass is 362 g/mol. The minimum atomic E-state index is -3.38. The molecule has 0 aromatic heterocycles. The van der Waals surface area contributed by atoms with Crippen LogP contribution in [0, 0.1) is 5.92 Å². The van der Waals surface area contributed by atoms with Crippen molar-refractivity contribution >= 4 is 21.6 Å². The molecular weight excluding hydrogens is 344 g/mol. The predicted octanol–water partition coefficient (Wildman–Crippen LogP) is 2.84. The largest absolute Gasteiger partial charge is 0.294 e. The molecular formula is C18H19ClN2O2S. The molecule has 2 aromatic rings. The van der Waals surface area contributed by atoms with E-state index in [1.165, 1.54) is 5.56 Å². The molecule has 0 N–H and O–H groups in total. The zero-order chi connectivity index (χ0) is 16.7. The highest BCUT2D eigenvalue weighted by Gasteiger charge is 2.48. The predicted molar refractivity (Wildman–Crippen MR) is 94.3 cm³/mol. The van der Waals surface area contributed by atoms with Gasteiger partial charge in [-0.15, -0.1) is 0 Å². The topological polar surface area (TPSA) is 40.6 Å². The third-order valence-corrected chi connectivity index (χ3v) is 7.05. The minimum absolute atomic E-state index is 0.308. The summed E-state index contributed by atoms with van der Waals surface area (Å²) in [6.45, 7) is 2.95. The molecule has 0 saturated carbocycles. The Kier molecular flexibility index (Phi) is 4.12. The van der Waals surface area contributed by atoms with E-state index in [9.17, 15) is 8.42 Å². The van der Waals surface area contributed by atoms with E-state index in [0.29, 0.717) is 29.9 Å². The van der Waals surface area contributed by atoms with Gasteiger partial charge in [-0.25, -0.2) is 8.42 Å². The zero-order valence-corrected chi connectivity index (χ0v) is 14.7. The summed E-state index contributed by atoms with van der Waals surface area (Å²) in [5.41, 5.74) is 1.17. The summed E-state index contributed by atoms with van der Waals surface area (Å²) in [6, 6.07) is 16.9. The second-order valence-corrected chi connectivity index (χ2v) is 8.90. The summed E-state index contributed by atoms with van der Waals surface area (Å²) in [6.07, 6.45) is 0. The highest BCUT2D eigenvalue weighted by atomic mass is 35.5.